The number of benzene rings is 2. The minimum absolute atomic E-state index is 0.299. The van der Waals surface area contributed by atoms with Crippen LogP contribution < -0.4 is 16.3 Å². The van der Waals surface area contributed by atoms with E-state index < -0.39 is 23.6 Å². The number of carbonyl (C=O) groups is 2. The number of nitrogens with one attached hydrogen (secondary N) is 2. The Hall–Kier alpha value is -3.94. The molecule has 0 aliphatic carbocycles. The molecule has 0 saturated carbocycles. The van der Waals surface area contributed by atoms with Crippen LogP contribution in [0.25, 0.3) is 0 Å². The number of amides is 2. The van der Waals surface area contributed by atoms with Crippen LogP contribution in [-0.4, -0.2) is 33.2 Å². The maximum absolute atomic E-state index is 12.7. The van der Waals surface area contributed by atoms with Crippen LogP contribution >= 0.6 is 0 Å². The van der Waals surface area contributed by atoms with Crippen molar-refractivity contribution in [3.8, 4) is 0 Å². The molecule has 3 rings (SSSR count). The second-order valence-electron chi connectivity index (χ2n) is 8.60. The van der Waals surface area contributed by atoms with E-state index in [1.54, 1.807) is 51.2 Å². The van der Waals surface area contributed by atoms with Crippen molar-refractivity contribution >= 4 is 17.7 Å². The number of esters is 1. The third-order valence-corrected chi connectivity index (χ3v) is 4.60. The molecule has 0 radical (unpaired) electrons. The van der Waals surface area contributed by atoms with Gasteiger partial charge in [-0.3, -0.25) is 4.57 Å². The van der Waals surface area contributed by atoms with Gasteiger partial charge in [0.15, 0.2) is 0 Å². The van der Waals surface area contributed by atoms with Crippen LogP contribution in [0.3, 0.4) is 0 Å². The average molecular weight is 449 g/mol. The van der Waals surface area contributed by atoms with Gasteiger partial charge in [0.05, 0.1) is 6.54 Å². The smallest absolute Gasteiger partial charge is 0.347 e. The number of hydrogen-bond donors (Lipinski definition) is 2. The molecule has 172 valence electrons. The average Bonchev–Trinajstić information content (AvgIpc) is 2.75. The zero-order valence-electron chi connectivity index (χ0n) is 18.9. The highest BCUT2D eigenvalue weighted by Crippen LogP contribution is 2.14. The molecule has 2 aromatic carbocycles. The van der Waals surface area contributed by atoms with Crippen LogP contribution in [0.2, 0.25) is 0 Å². The highest BCUT2D eigenvalue weighted by atomic mass is 16.6. The molecule has 0 unspecified atom stereocenters. The van der Waals surface area contributed by atoms with Crippen molar-refractivity contribution in [2.24, 2.45) is 0 Å². The fourth-order valence-electron chi connectivity index (χ4n) is 3.19. The summed E-state index contributed by atoms with van der Waals surface area (Å²) in [6, 6.07) is 16.8. The van der Waals surface area contributed by atoms with Crippen LogP contribution in [0.1, 0.15) is 31.9 Å². The van der Waals surface area contributed by atoms with Gasteiger partial charge < -0.3 is 15.4 Å². The van der Waals surface area contributed by atoms with Crippen LogP contribution in [0, 0.1) is 0 Å². The monoisotopic (exact) mass is 448 g/mol. The second kappa shape index (κ2) is 10.6. The molecule has 0 saturated heterocycles. The van der Waals surface area contributed by atoms with Gasteiger partial charge in [-0.2, -0.15) is 0 Å². The van der Waals surface area contributed by atoms with Gasteiger partial charge in [-0.05, 0) is 50.1 Å². The van der Waals surface area contributed by atoms with Crippen molar-refractivity contribution in [1.82, 2.24) is 14.9 Å². The van der Waals surface area contributed by atoms with E-state index in [9.17, 15) is 14.4 Å². The van der Waals surface area contributed by atoms with Crippen LogP contribution in [0.5, 0.6) is 0 Å². The minimum Gasteiger partial charge on any atom is -0.458 e. The first kappa shape index (κ1) is 23.7. The topological polar surface area (TPSA) is 102 Å². The first-order chi connectivity index (χ1) is 15.7. The minimum atomic E-state index is -0.858. The van der Waals surface area contributed by atoms with Gasteiger partial charge in [0.2, 0.25) is 0 Å². The Morgan fingerprint density at radius 3 is 2.45 bits per heavy atom. The predicted molar refractivity (Wildman–Crippen MR) is 126 cm³/mol. The number of rotatable bonds is 7. The maximum Gasteiger partial charge on any atom is 0.347 e. The number of carbonyl (C=O) groups excluding carboxylic acids is 2. The largest absolute Gasteiger partial charge is 0.458 e. The predicted octanol–water partition coefficient (Wildman–Crippen LogP) is 3.37. The van der Waals surface area contributed by atoms with Crippen LogP contribution in [0.15, 0.2) is 77.9 Å². The maximum atomic E-state index is 12.7. The molecule has 0 aliphatic rings. The quantitative estimate of drug-likeness (QED) is 0.540. The van der Waals surface area contributed by atoms with Crippen LogP contribution in [-0.2, 0) is 22.5 Å². The van der Waals surface area contributed by atoms with Crippen molar-refractivity contribution in [3.63, 3.8) is 0 Å². The molecule has 2 N–H and O–H groups in total. The van der Waals surface area contributed by atoms with Crippen molar-refractivity contribution in [2.45, 2.75) is 45.4 Å². The van der Waals surface area contributed by atoms with Gasteiger partial charge in [0, 0.05) is 24.5 Å². The lowest BCUT2D eigenvalue weighted by Crippen LogP contribution is -2.47. The molecule has 0 aliphatic heterocycles. The first-order valence-electron chi connectivity index (χ1n) is 10.6. The van der Waals surface area contributed by atoms with Crippen LogP contribution in [0.4, 0.5) is 10.5 Å². The van der Waals surface area contributed by atoms with E-state index in [1.807, 2.05) is 36.4 Å². The molecule has 33 heavy (non-hydrogen) atoms. The molecule has 0 bridgehead atoms. The van der Waals surface area contributed by atoms with Crippen molar-refractivity contribution in [1.29, 1.82) is 0 Å². The summed E-state index contributed by atoms with van der Waals surface area (Å²) < 4.78 is 6.97. The van der Waals surface area contributed by atoms with Crippen molar-refractivity contribution in [2.75, 3.05) is 5.32 Å². The standard InChI is InChI=1S/C25H28N4O4/c1-25(2,3)33-22(30)21(16-18-9-5-4-6-10-18)28-23(31)27-20-12-7-11-19(15-20)17-29-14-8-13-26-24(29)32/h4-15,21H,16-17H2,1-3H3,(H2,27,28,31)/t21-/m1/s1. The highest BCUT2D eigenvalue weighted by molar-refractivity contribution is 5.92. The Balaban J connectivity index is 1.69. The number of hydrogen-bond acceptors (Lipinski definition) is 5. The Labute approximate surface area is 192 Å². The Bertz CT molecular complexity index is 1150. The molecular formula is C25H28N4O4. The van der Waals surface area contributed by atoms with Gasteiger partial charge in [0.1, 0.15) is 11.6 Å². The fraction of sp³-hybridized carbons (Fsp3) is 0.280. The molecule has 8 heteroatoms. The second-order valence-corrected chi connectivity index (χ2v) is 8.60. The Kier molecular flexibility index (Phi) is 7.61. The SMILES string of the molecule is CC(C)(C)OC(=O)[C@@H](Cc1ccccc1)NC(=O)Nc1cccc(Cn2cccnc2=O)c1. The van der Waals surface area contributed by atoms with E-state index in [-0.39, 0.29) is 5.69 Å². The molecule has 2 amide bonds. The summed E-state index contributed by atoms with van der Waals surface area (Å²) in [6.07, 6.45) is 3.39. The molecule has 3 aromatic rings. The molecule has 0 spiro atoms. The summed E-state index contributed by atoms with van der Waals surface area (Å²) in [5.41, 5.74) is 1.22. The third-order valence-electron chi connectivity index (χ3n) is 4.60. The molecule has 1 heterocycles. The van der Waals surface area contributed by atoms with Crippen molar-refractivity contribution < 1.29 is 14.3 Å². The molecule has 8 nitrogen and oxygen atoms in total. The van der Waals surface area contributed by atoms with Gasteiger partial charge in [-0.25, -0.2) is 19.4 Å². The Morgan fingerprint density at radius 1 is 1.03 bits per heavy atom. The molecular weight excluding hydrogens is 420 g/mol. The molecule has 1 aromatic heterocycles. The lowest BCUT2D eigenvalue weighted by molar-refractivity contribution is -0.157. The van der Waals surface area contributed by atoms with Gasteiger partial charge in [0.25, 0.3) is 0 Å². The van der Waals surface area contributed by atoms with E-state index in [0.29, 0.717) is 18.7 Å². The van der Waals surface area contributed by atoms with E-state index >= 15 is 0 Å². The number of nitrogens with zero attached hydrogens (tertiary/aromatic N) is 2. The summed E-state index contributed by atoms with van der Waals surface area (Å²) in [4.78, 5) is 41.0. The zero-order chi connectivity index (χ0) is 23.8. The van der Waals surface area contributed by atoms with Gasteiger partial charge in [-0.15, -0.1) is 0 Å². The lowest BCUT2D eigenvalue weighted by Gasteiger charge is -2.25. The van der Waals surface area contributed by atoms with E-state index in [1.165, 1.54) is 10.8 Å². The van der Waals surface area contributed by atoms with Gasteiger partial charge in [-0.1, -0.05) is 42.5 Å². The number of ether oxygens (including phenoxy) is 1. The zero-order valence-corrected chi connectivity index (χ0v) is 18.9. The first-order valence-corrected chi connectivity index (χ1v) is 10.6. The summed E-state index contributed by atoms with van der Waals surface area (Å²) in [5, 5.41) is 5.48. The van der Waals surface area contributed by atoms with E-state index in [4.69, 9.17) is 4.74 Å². The normalized spacial score (nSPS) is 12.0. The Morgan fingerprint density at radius 2 is 1.76 bits per heavy atom. The summed E-state index contributed by atoms with van der Waals surface area (Å²) in [6.45, 7) is 5.66. The third kappa shape index (κ3) is 7.60. The van der Waals surface area contributed by atoms with Gasteiger partial charge >= 0.3 is 17.7 Å². The molecule has 0 fully saturated rings. The number of aromatic nitrogens is 2. The van der Waals surface area contributed by atoms with E-state index in [0.717, 1.165) is 11.1 Å². The summed E-state index contributed by atoms with van der Waals surface area (Å²) >= 11 is 0. The highest BCUT2D eigenvalue weighted by Gasteiger charge is 2.27. The molecule has 1 atom stereocenters. The fourth-order valence-corrected chi connectivity index (χ4v) is 3.19. The lowest BCUT2D eigenvalue weighted by atomic mass is 10.1. The number of urea groups is 1. The number of anilines is 1. The summed E-state index contributed by atoms with van der Waals surface area (Å²) in [5.74, 6) is -0.508. The van der Waals surface area contributed by atoms with E-state index in [2.05, 4.69) is 15.6 Å². The van der Waals surface area contributed by atoms with Crippen molar-refractivity contribution in [3.05, 3.63) is 94.7 Å². The summed E-state index contributed by atoms with van der Waals surface area (Å²) in [7, 11) is 0.